The second-order valence-electron chi connectivity index (χ2n) is 6.33. The van der Waals surface area contributed by atoms with Crippen LogP contribution < -0.4 is 10.6 Å². The van der Waals surface area contributed by atoms with Gasteiger partial charge in [-0.1, -0.05) is 30.4 Å². The van der Waals surface area contributed by atoms with E-state index in [-0.39, 0.29) is 5.60 Å². The van der Waals surface area contributed by atoms with Crippen LogP contribution in [0.4, 0.5) is 5.69 Å². The van der Waals surface area contributed by atoms with Crippen LogP contribution in [0.1, 0.15) is 33.6 Å². The first-order chi connectivity index (χ1) is 10.3. The standard InChI is InChI=1S/C12H16N2S.C5H10O2/c13-12(15)10-6-8-14(9-7-10)11-4-2-1-3-5-11;1-5(2,3)7-4-6/h1-5,10H,6-9H2,(H2,13,15);4H,1-3H3. The van der Waals surface area contributed by atoms with Crippen LogP contribution in [0, 0.1) is 5.92 Å². The molecule has 1 aromatic rings. The summed E-state index contributed by atoms with van der Waals surface area (Å²) in [5.74, 6) is 0.444. The molecule has 0 radical (unpaired) electrons. The van der Waals surface area contributed by atoms with Gasteiger partial charge in [0, 0.05) is 24.7 Å². The lowest BCUT2D eigenvalue weighted by Crippen LogP contribution is -2.37. The Kier molecular flexibility index (Phi) is 7.32. The Balaban J connectivity index is 0.000000295. The molecule has 0 atom stereocenters. The zero-order chi connectivity index (χ0) is 16.6. The van der Waals surface area contributed by atoms with Gasteiger partial charge in [0.15, 0.2) is 0 Å². The van der Waals surface area contributed by atoms with Gasteiger partial charge >= 0.3 is 0 Å². The van der Waals surface area contributed by atoms with Crippen LogP contribution in [0.25, 0.3) is 0 Å². The summed E-state index contributed by atoms with van der Waals surface area (Å²) in [5.41, 5.74) is 6.65. The van der Waals surface area contributed by atoms with Crippen LogP contribution in [0.5, 0.6) is 0 Å². The maximum absolute atomic E-state index is 9.60. The van der Waals surface area contributed by atoms with Gasteiger partial charge in [0.05, 0.1) is 4.99 Å². The highest BCUT2D eigenvalue weighted by atomic mass is 32.1. The third kappa shape index (κ3) is 6.89. The molecule has 0 aliphatic carbocycles. The molecule has 22 heavy (non-hydrogen) atoms. The van der Waals surface area contributed by atoms with E-state index in [2.05, 4.69) is 33.9 Å². The van der Waals surface area contributed by atoms with Crippen LogP contribution in [0.15, 0.2) is 30.3 Å². The average Bonchev–Trinajstić information content (AvgIpc) is 2.48. The summed E-state index contributed by atoms with van der Waals surface area (Å²) in [5, 5.41) is 0. The van der Waals surface area contributed by atoms with Crippen molar-refractivity contribution in [2.45, 2.75) is 39.2 Å². The number of hydrogen-bond donors (Lipinski definition) is 1. The van der Waals surface area contributed by atoms with E-state index in [9.17, 15) is 4.79 Å². The predicted octanol–water partition coefficient (Wildman–Crippen LogP) is 3.15. The third-order valence-corrected chi connectivity index (χ3v) is 3.75. The van der Waals surface area contributed by atoms with E-state index in [1.807, 2.05) is 26.8 Å². The Labute approximate surface area is 138 Å². The molecule has 0 amide bonds. The van der Waals surface area contributed by atoms with Gasteiger partial charge in [-0.15, -0.1) is 0 Å². The molecule has 1 aliphatic rings. The first kappa shape index (κ1) is 18.4. The average molecular weight is 322 g/mol. The summed E-state index contributed by atoms with van der Waals surface area (Å²) >= 11 is 5.03. The monoisotopic (exact) mass is 322 g/mol. The van der Waals surface area contributed by atoms with Crippen LogP contribution in [0.3, 0.4) is 0 Å². The number of nitrogens with two attached hydrogens (primary N) is 1. The second kappa shape index (κ2) is 8.73. The maximum Gasteiger partial charge on any atom is 0.293 e. The number of hydrogen-bond acceptors (Lipinski definition) is 4. The Morgan fingerprint density at radius 2 is 1.82 bits per heavy atom. The Hall–Kier alpha value is -1.62. The molecular weight excluding hydrogens is 296 g/mol. The van der Waals surface area contributed by atoms with Gasteiger partial charge in [0.1, 0.15) is 5.60 Å². The van der Waals surface area contributed by atoms with Gasteiger partial charge in [-0.25, -0.2) is 0 Å². The van der Waals surface area contributed by atoms with E-state index >= 15 is 0 Å². The molecule has 1 aliphatic heterocycles. The van der Waals surface area contributed by atoms with Crippen molar-refractivity contribution in [2.24, 2.45) is 11.7 Å². The number of anilines is 1. The predicted molar refractivity (Wildman–Crippen MR) is 95.1 cm³/mol. The molecule has 1 aromatic carbocycles. The van der Waals surface area contributed by atoms with Gasteiger partial charge < -0.3 is 15.4 Å². The van der Waals surface area contributed by atoms with Crippen molar-refractivity contribution in [1.29, 1.82) is 0 Å². The van der Waals surface area contributed by atoms with Crippen LogP contribution in [-0.4, -0.2) is 30.2 Å². The van der Waals surface area contributed by atoms with E-state index in [1.165, 1.54) is 5.69 Å². The number of thiocarbonyl (C=S) groups is 1. The summed E-state index contributed by atoms with van der Waals surface area (Å²) in [7, 11) is 0. The lowest BCUT2D eigenvalue weighted by atomic mass is 9.96. The topological polar surface area (TPSA) is 55.6 Å². The fourth-order valence-corrected chi connectivity index (χ4v) is 2.44. The number of carbonyl (C=O) groups excluding carboxylic acids is 1. The Morgan fingerprint density at radius 3 is 2.18 bits per heavy atom. The molecule has 4 nitrogen and oxygen atoms in total. The number of para-hydroxylation sites is 1. The summed E-state index contributed by atoms with van der Waals surface area (Å²) in [6.07, 6.45) is 2.18. The Morgan fingerprint density at radius 1 is 1.27 bits per heavy atom. The summed E-state index contributed by atoms with van der Waals surface area (Å²) in [6, 6.07) is 10.5. The molecule has 1 fully saturated rings. The lowest BCUT2D eigenvalue weighted by molar-refractivity contribution is -0.138. The van der Waals surface area contributed by atoms with E-state index in [0.717, 1.165) is 25.9 Å². The normalized spacial score (nSPS) is 15.5. The largest absolute Gasteiger partial charge is 0.462 e. The molecule has 1 heterocycles. The number of nitrogens with zero attached hydrogens (tertiary/aromatic N) is 1. The number of ether oxygens (including phenoxy) is 1. The highest BCUT2D eigenvalue weighted by Gasteiger charge is 2.20. The molecule has 0 spiro atoms. The van der Waals surface area contributed by atoms with Gasteiger partial charge in [0.25, 0.3) is 6.47 Å². The number of benzene rings is 1. The minimum absolute atomic E-state index is 0.318. The van der Waals surface area contributed by atoms with E-state index in [4.69, 9.17) is 18.0 Å². The number of rotatable bonds is 3. The van der Waals surface area contributed by atoms with Crippen molar-refractivity contribution in [3.05, 3.63) is 30.3 Å². The summed E-state index contributed by atoms with van der Waals surface area (Å²) in [4.78, 5) is 12.7. The molecule has 122 valence electrons. The molecule has 5 heteroatoms. The van der Waals surface area contributed by atoms with E-state index in [1.54, 1.807) is 0 Å². The maximum atomic E-state index is 9.60. The quantitative estimate of drug-likeness (QED) is 0.684. The first-order valence-electron chi connectivity index (χ1n) is 7.54. The SMILES string of the molecule is CC(C)(C)OC=O.NC(=S)C1CCN(c2ccccc2)CC1. The molecule has 1 saturated heterocycles. The Bertz CT molecular complexity index is 463. The third-order valence-electron chi connectivity index (χ3n) is 3.42. The van der Waals surface area contributed by atoms with Crippen LogP contribution in [0.2, 0.25) is 0 Å². The molecule has 0 aromatic heterocycles. The highest BCUT2D eigenvalue weighted by Crippen LogP contribution is 2.22. The number of piperidine rings is 1. The minimum atomic E-state index is -0.318. The van der Waals surface area contributed by atoms with Crippen molar-refractivity contribution in [3.63, 3.8) is 0 Å². The molecule has 0 saturated carbocycles. The second-order valence-corrected chi connectivity index (χ2v) is 6.80. The molecule has 0 bridgehead atoms. The van der Waals surface area contributed by atoms with Crippen molar-refractivity contribution in [3.8, 4) is 0 Å². The van der Waals surface area contributed by atoms with Gasteiger partial charge in [-0.05, 0) is 45.7 Å². The van der Waals surface area contributed by atoms with Crippen molar-refractivity contribution in [1.82, 2.24) is 0 Å². The molecular formula is C17H26N2O2S. The van der Waals surface area contributed by atoms with Crippen LogP contribution >= 0.6 is 12.2 Å². The first-order valence-corrected chi connectivity index (χ1v) is 7.95. The van der Waals surface area contributed by atoms with Crippen molar-refractivity contribution in [2.75, 3.05) is 18.0 Å². The van der Waals surface area contributed by atoms with E-state index < -0.39 is 0 Å². The van der Waals surface area contributed by atoms with E-state index in [0.29, 0.717) is 17.4 Å². The summed E-state index contributed by atoms with van der Waals surface area (Å²) in [6.45, 7) is 8.04. The highest BCUT2D eigenvalue weighted by molar-refractivity contribution is 7.80. The zero-order valence-electron chi connectivity index (χ0n) is 13.6. The fraction of sp³-hybridized carbons (Fsp3) is 0.529. The van der Waals surface area contributed by atoms with Gasteiger partial charge in [-0.3, -0.25) is 4.79 Å². The van der Waals surface area contributed by atoms with Gasteiger partial charge in [0.2, 0.25) is 0 Å². The zero-order valence-corrected chi connectivity index (χ0v) is 14.4. The van der Waals surface area contributed by atoms with Gasteiger partial charge in [-0.2, -0.15) is 0 Å². The smallest absolute Gasteiger partial charge is 0.293 e. The van der Waals surface area contributed by atoms with Crippen LogP contribution in [-0.2, 0) is 9.53 Å². The van der Waals surface area contributed by atoms with Crippen molar-refractivity contribution >= 4 is 29.4 Å². The molecule has 0 unspecified atom stereocenters. The molecule has 2 N–H and O–H groups in total. The fourth-order valence-electron chi connectivity index (χ4n) is 2.21. The lowest BCUT2D eigenvalue weighted by Gasteiger charge is -2.33. The summed E-state index contributed by atoms with van der Waals surface area (Å²) < 4.78 is 4.55. The van der Waals surface area contributed by atoms with Crippen molar-refractivity contribution < 1.29 is 9.53 Å². The number of carbonyl (C=O) groups is 1. The minimum Gasteiger partial charge on any atom is -0.462 e. The molecule has 2 rings (SSSR count).